The van der Waals surface area contributed by atoms with Crippen LogP contribution in [0.25, 0.3) is 0 Å². The number of benzene rings is 1. The summed E-state index contributed by atoms with van der Waals surface area (Å²) in [6.07, 6.45) is 3.73. The van der Waals surface area contributed by atoms with Crippen molar-refractivity contribution in [3.8, 4) is 0 Å². The van der Waals surface area contributed by atoms with E-state index in [1.807, 2.05) is 6.07 Å². The van der Waals surface area contributed by atoms with Gasteiger partial charge in [-0.25, -0.2) is 0 Å². The molecule has 0 atom stereocenters. The molecule has 94 valence electrons. The van der Waals surface area contributed by atoms with Crippen LogP contribution in [0.15, 0.2) is 22.7 Å². The zero-order valence-corrected chi connectivity index (χ0v) is 12.7. The van der Waals surface area contributed by atoms with Crippen molar-refractivity contribution in [3.63, 3.8) is 0 Å². The lowest BCUT2D eigenvalue weighted by molar-refractivity contribution is 0.429. The maximum absolute atomic E-state index is 6.28. The summed E-state index contributed by atoms with van der Waals surface area (Å²) in [4.78, 5) is 0. The maximum Gasteiger partial charge on any atom is 0.0449 e. The Morgan fingerprint density at radius 2 is 2.12 bits per heavy atom. The van der Waals surface area contributed by atoms with Crippen LogP contribution in [-0.4, -0.2) is 12.6 Å². The van der Waals surface area contributed by atoms with Gasteiger partial charge >= 0.3 is 0 Å². The van der Waals surface area contributed by atoms with Crippen LogP contribution in [0.1, 0.15) is 32.3 Å². The molecule has 0 radical (unpaired) electrons. The van der Waals surface area contributed by atoms with Gasteiger partial charge in [0.1, 0.15) is 0 Å². The molecule has 0 bridgehead atoms. The van der Waals surface area contributed by atoms with Gasteiger partial charge in [-0.3, -0.25) is 0 Å². The van der Waals surface area contributed by atoms with Gasteiger partial charge in [0, 0.05) is 22.1 Å². The Hall–Kier alpha value is -0.0500. The third-order valence-corrected chi connectivity index (χ3v) is 4.27. The molecule has 3 heteroatoms. The molecule has 0 unspecified atom stereocenters. The van der Waals surface area contributed by atoms with Crippen molar-refractivity contribution in [2.45, 2.75) is 39.2 Å². The van der Waals surface area contributed by atoms with E-state index >= 15 is 0 Å². The first kappa shape index (κ1) is 13.4. The Morgan fingerprint density at radius 1 is 1.41 bits per heavy atom. The van der Waals surface area contributed by atoms with Crippen molar-refractivity contribution < 1.29 is 0 Å². The molecule has 0 amide bonds. The average molecular weight is 317 g/mol. The first-order valence-corrected chi connectivity index (χ1v) is 7.35. The minimum Gasteiger partial charge on any atom is -0.314 e. The van der Waals surface area contributed by atoms with Crippen LogP contribution in [0, 0.1) is 5.41 Å². The van der Waals surface area contributed by atoms with E-state index in [0.717, 1.165) is 22.5 Å². The number of hydrogen-bond donors (Lipinski definition) is 1. The highest BCUT2D eigenvalue weighted by atomic mass is 79.9. The summed E-state index contributed by atoms with van der Waals surface area (Å²) in [5.41, 5.74) is 1.74. The van der Waals surface area contributed by atoms with Crippen molar-refractivity contribution in [1.82, 2.24) is 5.32 Å². The standard InChI is InChI=1S/C14H19BrClN/c1-10(2)17-9-14(5-6-14)8-11-3-4-12(15)7-13(11)16/h3-4,7,10,17H,5-6,8-9H2,1-2H3. The molecule has 17 heavy (non-hydrogen) atoms. The predicted molar refractivity (Wildman–Crippen MR) is 77.7 cm³/mol. The summed E-state index contributed by atoms with van der Waals surface area (Å²) < 4.78 is 1.05. The highest BCUT2D eigenvalue weighted by Crippen LogP contribution is 2.48. The van der Waals surface area contributed by atoms with E-state index in [4.69, 9.17) is 11.6 Å². The van der Waals surface area contributed by atoms with Crippen molar-refractivity contribution in [3.05, 3.63) is 33.3 Å². The molecule has 2 rings (SSSR count). The lowest BCUT2D eigenvalue weighted by Crippen LogP contribution is -2.31. The molecular weight excluding hydrogens is 298 g/mol. The van der Waals surface area contributed by atoms with E-state index in [-0.39, 0.29) is 0 Å². The van der Waals surface area contributed by atoms with Crippen LogP contribution in [0.4, 0.5) is 0 Å². The normalized spacial score (nSPS) is 17.5. The van der Waals surface area contributed by atoms with Crippen LogP contribution < -0.4 is 5.32 Å². The Labute approximate surface area is 117 Å². The number of hydrogen-bond acceptors (Lipinski definition) is 1. The van der Waals surface area contributed by atoms with E-state index in [0.29, 0.717) is 11.5 Å². The highest BCUT2D eigenvalue weighted by Gasteiger charge is 2.42. The summed E-state index contributed by atoms with van der Waals surface area (Å²) in [6.45, 7) is 5.50. The van der Waals surface area contributed by atoms with E-state index in [9.17, 15) is 0 Å². The number of halogens is 2. The van der Waals surface area contributed by atoms with E-state index in [1.165, 1.54) is 18.4 Å². The van der Waals surface area contributed by atoms with Crippen molar-refractivity contribution >= 4 is 27.5 Å². The van der Waals surface area contributed by atoms with E-state index in [1.54, 1.807) is 0 Å². The number of rotatable bonds is 5. The van der Waals surface area contributed by atoms with Gasteiger partial charge in [-0.2, -0.15) is 0 Å². The second-order valence-corrected chi connectivity index (χ2v) is 6.77. The molecule has 1 fully saturated rings. The fourth-order valence-electron chi connectivity index (χ4n) is 2.08. The number of nitrogens with one attached hydrogen (secondary N) is 1. The van der Waals surface area contributed by atoms with Crippen molar-refractivity contribution in [1.29, 1.82) is 0 Å². The zero-order valence-electron chi connectivity index (χ0n) is 10.4. The summed E-state index contributed by atoms with van der Waals surface area (Å²) in [5.74, 6) is 0. The molecule has 1 aliphatic rings. The third kappa shape index (κ3) is 3.70. The molecule has 1 nitrogen and oxygen atoms in total. The average Bonchev–Trinajstić information content (AvgIpc) is 3.00. The van der Waals surface area contributed by atoms with Crippen LogP contribution >= 0.6 is 27.5 Å². The SMILES string of the molecule is CC(C)NCC1(Cc2ccc(Br)cc2Cl)CC1. The monoisotopic (exact) mass is 315 g/mol. The largest absolute Gasteiger partial charge is 0.314 e. The van der Waals surface area contributed by atoms with Gasteiger partial charge in [-0.15, -0.1) is 0 Å². The molecule has 1 aromatic rings. The molecule has 0 spiro atoms. The van der Waals surface area contributed by atoms with Crippen LogP contribution in [0.2, 0.25) is 5.02 Å². The molecular formula is C14H19BrClN. The molecule has 0 aromatic heterocycles. The Morgan fingerprint density at radius 3 is 2.65 bits per heavy atom. The Bertz CT molecular complexity index is 399. The van der Waals surface area contributed by atoms with Crippen molar-refractivity contribution in [2.24, 2.45) is 5.41 Å². The second-order valence-electron chi connectivity index (χ2n) is 5.45. The Balaban J connectivity index is 2.00. The lowest BCUT2D eigenvalue weighted by atomic mass is 9.96. The molecule has 1 N–H and O–H groups in total. The van der Waals surface area contributed by atoms with Gasteiger partial charge in [0.2, 0.25) is 0 Å². The fourth-order valence-corrected chi connectivity index (χ4v) is 2.82. The van der Waals surface area contributed by atoms with Gasteiger partial charge in [-0.05, 0) is 42.4 Å². The lowest BCUT2D eigenvalue weighted by Gasteiger charge is -2.18. The third-order valence-electron chi connectivity index (χ3n) is 3.42. The summed E-state index contributed by atoms with van der Waals surface area (Å²) in [7, 11) is 0. The summed E-state index contributed by atoms with van der Waals surface area (Å²) in [6, 6.07) is 6.77. The first-order chi connectivity index (χ1) is 8.01. The van der Waals surface area contributed by atoms with Crippen LogP contribution in [0.3, 0.4) is 0 Å². The van der Waals surface area contributed by atoms with E-state index < -0.39 is 0 Å². The van der Waals surface area contributed by atoms with Crippen LogP contribution in [0.5, 0.6) is 0 Å². The molecule has 0 heterocycles. The van der Waals surface area contributed by atoms with Gasteiger partial charge in [0.15, 0.2) is 0 Å². The molecule has 1 aliphatic carbocycles. The van der Waals surface area contributed by atoms with Gasteiger partial charge in [0.05, 0.1) is 0 Å². The van der Waals surface area contributed by atoms with E-state index in [2.05, 4.69) is 47.2 Å². The fraction of sp³-hybridized carbons (Fsp3) is 0.571. The van der Waals surface area contributed by atoms with Crippen LogP contribution in [-0.2, 0) is 6.42 Å². The molecule has 1 saturated carbocycles. The Kier molecular flexibility index (Phi) is 4.17. The molecule has 0 saturated heterocycles. The molecule has 0 aliphatic heterocycles. The predicted octanol–water partition coefficient (Wildman–Crippen LogP) is 4.42. The molecule has 1 aromatic carbocycles. The summed E-state index contributed by atoms with van der Waals surface area (Å²) in [5, 5.41) is 4.43. The van der Waals surface area contributed by atoms with Crippen molar-refractivity contribution in [2.75, 3.05) is 6.54 Å². The second kappa shape index (κ2) is 5.29. The minimum atomic E-state index is 0.460. The topological polar surface area (TPSA) is 12.0 Å². The van der Waals surface area contributed by atoms with Gasteiger partial charge in [-0.1, -0.05) is 47.4 Å². The quantitative estimate of drug-likeness (QED) is 0.847. The first-order valence-electron chi connectivity index (χ1n) is 6.18. The highest BCUT2D eigenvalue weighted by molar-refractivity contribution is 9.10. The zero-order chi connectivity index (χ0) is 12.5. The van der Waals surface area contributed by atoms with Gasteiger partial charge in [0.25, 0.3) is 0 Å². The summed E-state index contributed by atoms with van der Waals surface area (Å²) >= 11 is 9.72. The van der Waals surface area contributed by atoms with Gasteiger partial charge < -0.3 is 5.32 Å². The smallest absolute Gasteiger partial charge is 0.0449 e. The maximum atomic E-state index is 6.28. The minimum absolute atomic E-state index is 0.460.